The van der Waals surface area contributed by atoms with Crippen molar-refractivity contribution >= 4 is 23.8 Å². The molecule has 0 unspecified atom stereocenters. The number of likely N-dealkylation sites (tertiary alicyclic amines) is 1. The van der Waals surface area contributed by atoms with Crippen LogP contribution < -0.4 is 5.32 Å². The normalized spacial score (nSPS) is 44.4. The van der Waals surface area contributed by atoms with Gasteiger partial charge in [-0.3, -0.25) is 19.2 Å². The quantitative estimate of drug-likeness (QED) is 0.248. The van der Waals surface area contributed by atoms with E-state index < -0.39 is 5.41 Å². The fourth-order valence-corrected chi connectivity index (χ4v) is 18.5. The molecular weight excluding hydrogens is 821 g/mol. The van der Waals surface area contributed by atoms with E-state index >= 15 is 4.79 Å². The van der Waals surface area contributed by atoms with Crippen molar-refractivity contribution in [1.82, 2.24) is 10.2 Å². The summed E-state index contributed by atoms with van der Waals surface area (Å²) in [5.41, 5.74) is 0.531. The van der Waals surface area contributed by atoms with Crippen LogP contribution in [0.15, 0.2) is 30.3 Å². The number of nitrogens with one attached hydrogen (secondary N) is 1. The molecule has 14 atom stereocenters. The van der Waals surface area contributed by atoms with Crippen LogP contribution in [-0.4, -0.2) is 53.9 Å². The summed E-state index contributed by atoms with van der Waals surface area (Å²) in [4.78, 5) is 58.5. The van der Waals surface area contributed by atoms with Gasteiger partial charge in [0.25, 0.3) is 0 Å². The second-order valence-corrected chi connectivity index (χ2v) is 27.2. The molecule has 9 fully saturated rings. The molecule has 1 aromatic rings. The molecule has 1 saturated heterocycles. The molecule has 0 radical (unpaired) electrons. The molecule has 66 heavy (non-hydrogen) atoms. The van der Waals surface area contributed by atoms with Crippen LogP contribution in [0.1, 0.15) is 184 Å². The number of fused-ring (bicyclic) bond motifs is 7. The third-order valence-corrected chi connectivity index (χ3v) is 23.6. The van der Waals surface area contributed by atoms with E-state index in [9.17, 15) is 14.4 Å². The monoisotopic (exact) mass is 907 g/mol. The number of hydrogen-bond donors (Lipinski definition) is 1. The Morgan fingerprint density at radius 3 is 1.98 bits per heavy atom. The van der Waals surface area contributed by atoms with E-state index in [4.69, 9.17) is 9.47 Å². The number of esters is 2. The Bertz CT molecular complexity index is 2090. The fourth-order valence-electron chi connectivity index (χ4n) is 18.5. The maximum Gasteiger partial charge on any atom is 0.309 e. The Hall–Kier alpha value is -2.90. The van der Waals surface area contributed by atoms with Gasteiger partial charge in [-0.1, -0.05) is 99.6 Å². The standard InChI is InChI=1S/C58H86N2O6/c1-51(2)40(48(62)65-35-36-17-13-11-14-18-36)33-41(51)49(63)66-45-23-24-55(8)42(53(45,5)6)22-25-57(10)43(55)20-19-38-46-37(54(7)27-28-54)21-26-58(46,30-29-56(38,57)9)50(64)59-44-34-39(52(44,3)4)47(61)60-31-15-12-16-32-60/h11,13-14,17-18,37-46H,12,15-16,19-35H2,1-10H3,(H,59,64)/t37-,38-,39-,40+,41-,42+,43-,44-,45+,46-,55+,56-,57-,58+/m1/s1. The summed E-state index contributed by atoms with van der Waals surface area (Å²) in [7, 11) is 0. The van der Waals surface area contributed by atoms with Gasteiger partial charge in [0.2, 0.25) is 11.8 Å². The van der Waals surface area contributed by atoms with E-state index in [1.165, 1.54) is 44.9 Å². The molecule has 8 nitrogen and oxygen atoms in total. The van der Waals surface area contributed by atoms with Crippen LogP contribution in [0.4, 0.5) is 0 Å². The summed E-state index contributed by atoms with van der Waals surface area (Å²) in [5.74, 6) is 2.21. The van der Waals surface area contributed by atoms with Crippen molar-refractivity contribution < 1.29 is 28.7 Å². The molecular formula is C58H86N2O6. The van der Waals surface area contributed by atoms with Gasteiger partial charge in [-0.2, -0.15) is 0 Å². The summed E-state index contributed by atoms with van der Waals surface area (Å²) in [6.07, 6.45) is 18.1. The summed E-state index contributed by atoms with van der Waals surface area (Å²) in [6, 6.07) is 9.83. The lowest BCUT2D eigenvalue weighted by molar-refractivity contribution is -0.252. The minimum atomic E-state index is -0.518. The van der Waals surface area contributed by atoms with Crippen LogP contribution in [0.25, 0.3) is 0 Å². The zero-order valence-corrected chi connectivity index (χ0v) is 42.7. The second kappa shape index (κ2) is 15.8. The molecule has 2 amide bonds. The zero-order chi connectivity index (χ0) is 47.0. The van der Waals surface area contributed by atoms with E-state index in [2.05, 4.69) is 65.6 Å². The van der Waals surface area contributed by atoms with Gasteiger partial charge in [0.1, 0.15) is 12.7 Å². The van der Waals surface area contributed by atoms with Gasteiger partial charge in [-0.05, 0) is 177 Å². The highest BCUT2D eigenvalue weighted by Crippen LogP contribution is 2.79. The van der Waals surface area contributed by atoms with Crippen LogP contribution >= 0.6 is 0 Å². The molecule has 8 aliphatic carbocycles. The maximum atomic E-state index is 15.3. The number of nitrogens with zero attached hydrogens (tertiary/aromatic N) is 1. The summed E-state index contributed by atoms with van der Waals surface area (Å²) >= 11 is 0. The molecule has 1 N–H and O–H groups in total. The number of carbonyl (C=O) groups excluding carboxylic acids is 4. The molecule has 0 spiro atoms. The van der Waals surface area contributed by atoms with Crippen molar-refractivity contribution in [2.45, 2.75) is 197 Å². The van der Waals surface area contributed by atoms with Crippen molar-refractivity contribution in [3.8, 4) is 0 Å². The van der Waals surface area contributed by atoms with E-state index in [1.54, 1.807) is 0 Å². The molecule has 9 aliphatic rings. The molecule has 10 rings (SSSR count). The number of hydrogen-bond acceptors (Lipinski definition) is 6. The lowest BCUT2D eigenvalue weighted by atomic mass is 9.32. The predicted molar refractivity (Wildman–Crippen MR) is 257 cm³/mol. The number of amides is 2. The molecule has 0 bridgehead atoms. The third-order valence-electron chi connectivity index (χ3n) is 23.6. The van der Waals surface area contributed by atoms with E-state index in [0.717, 1.165) is 76.4 Å². The van der Waals surface area contributed by atoms with Crippen molar-refractivity contribution in [2.24, 2.45) is 90.7 Å². The van der Waals surface area contributed by atoms with Crippen molar-refractivity contribution in [1.29, 1.82) is 0 Å². The average Bonchev–Trinajstić information content (AvgIpc) is 3.89. The Balaban J connectivity index is 0.828. The van der Waals surface area contributed by atoms with Crippen LogP contribution in [-0.2, 0) is 35.3 Å². The van der Waals surface area contributed by atoms with E-state index in [0.29, 0.717) is 53.2 Å². The van der Waals surface area contributed by atoms with E-state index in [-0.39, 0.29) is 80.9 Å². The van der Waals surface area contributed by atoms with Gasteiger partial charge >= 0.3 is 11.9 Å². The third kappa shape index (κ3) is 6.80. The van der Waals surface area contributed by atoms with Crippen LogP contribution in [0.2, 0.25) is 0 Å². The largest absolute Gasteiger partial charge is 0.462 e. The minimum absolute atomic E-state index is 0.00461. The number of rotatable bonds is 9. The highest BCUT2D eigenvalue weighted by molar-refractivity contribution is 5.86. The molecule has 1 aliphatic heterocycles. The van der Waals surface area contributed by atoms with Crippen molar-refractivity contribution in [3.63, 3.8) is 0 Å². The van der Waals surface area contributed by atoms with Gasteiger partial charge in [0.05, 0.1) is 17.3 Å². The topological polar surface area (TPSA) is 102 Å². The van der Waals surface area contributed by atoms with Gasteiger partial charge in [-0.25, -0.2) is 0 Å². The smallest absolute Gasteiger partial charge is 0.309 e. The van der Waals surface area contributed by atoms with Gasteiger partial charge < -0.3 is 19.7 Å². The first kappa shape index (κ1) is 46.8. The first-order valence-electron chi connectivity index (χ1n) is 27.1. The van der Waals surface area contributed by atoms with Crippen LogP contribution in [0, 0.1) is 90.7 Å². The molecule has 8 heteroatoms. The highest BCUT2D eigenvalue weighted by atomic mass is 16.5. The Kier molecular flexibility index (Phi) is 11.2. The van der Waals surface area contributed by atoms with Crippen LogP contribution in [0.5, 0.6) is 0 Å². The van der Waals surface area contributed by atoms with Gasteiger partial charge in [0.15, 0.2) is 0 Å². The molecule has 8 saturated carbocycles. The average molecular weight is 907 g/mol. The van der Waals surface area contributed by atoms with E-state index in [1.807, 2.05) is 44.2 Å². The van der Waals surface area contributed by atoms with Crippen molar-refractivity contribution in [3.05, 3.63) is 35.9 Å². The van der Waals surface area contributed by atoms with Gasteiger partial charge in [0, 0.05) is 30.5 Å². The molecule has 364 valence electrons. The summed E-state index contributed by atoms with van der Waals surface area (Å²) in [5, 5.41) is 3.73. The Labute approximate surface area is 398 Å². The molecule has 0 aromatic heterocycles. The zero-order valence-electron chi connectivity index (χ0n) is 42.7. The predicted octanol–water partition coefficient (Wildman–Crippen LogP) is 11.7. The number of ether oxygens (including phenoxy) is 2. The van der Waals surface area contributed by atoms with Gasteiger partial charge in [-0.15, -0.1) is 0 Å². The molecule has 1 heterocycles. The SMILES string of the molecule is CC1([C@@H]2CC[C@]3(C(=O)N[C@@H]4C[C@H](C(=O)N5CCCCC5)C4(C)C)CC[C@]4(C)[C@H](CC[C@@H]5[C@@]6(C)CC[C@H](OC(=O)[C@H]7C[C@@H](C(=O)OCc8ccccc8)C7(C)C)C(C)(C)[C@@H]6CC[C@]54C)[C@@H]23)CC1. The number of piperidine rings is 1. The van der Waals surface area contributed by atoms with Crippen LogP contribution in [0.3, 0.4) is 0 Å². The molecule has 1 aromatic carbocycles. The number of carbonyl (C=O) groups is 4. The summed E-state index contributed by atoms with van der Waals surface area (Å²) < 4.78 is 12.4. The first-order chi connectivity index (χ1) is 31.0. The minimum Gasteiger partial charge on any atom is -0.462 e. The number of benzene rings is 1. The lowest BCUT2D eigenvalue weighted by Gasteiger charge is -2.73. The highest BCUT2D eigenvalue weighted by Gasteiger charge is 2.74. The first-order valence-corrected chi connectivity index (χ1v) is 27.1. The summed E-state index contributed by atoms with van der Waals surface area (Å²) in [6.45, 7) is 25.9. The van der Waals surface area contributed by atoms with Crippen molar-refractivity contribution in [2.75, 3.05) is 13.1 Å². The fraction of sp³-hybridized carbons (Fsp3) is 0.828. The Morgan fingerprint density at radius 1 is 0.621 bits per heavy atom. The Morgan fingerprint density at radius 2 is 1.32 bits per heavy atom. The maximum absolute atomic E-state index is 15.3. The lowest BCUT2D eigenvalue weighted by Crippen LogP contribution is -2.69. The second-order valence-electron chi connectivity index (χ2n) is 27.2.